The van der Waals surface area contributed by atoms with E-state index in [9.17, 15) is 0 Å². The Kier molecular flexibility index (Phi) is 2.60. The average molecular weight is 243 g/mol. The predicted octanol–water partition coefficient (Wildman–Crippen LogP) is 3.81. The van der Waals surface area contributed by atoms with Crippen LogP contribution in [0.3, 0.4) is 0 Å². The van der Waals surface area contributed by atoms with Gasteiger partial charge in [-0.15, -0.1) is 0 Å². The number of piperidine rings is 1. The van der Waals surface area contributed by atoms with Gasteiger partial charge in [-0.3, -0.25) is 4.90 Å². The number of benzene rings is 1. The van der Waals surface area contributed by atoms with E-state index in [1.165, 1.54) is 36.2 Å². The van der Waals surface area contributed by atoms with Gasteiger partial charge in [-0.05, 0) is 62.8 Å². The van der Waals surface area contributed by atoms with E-state index in [0.29, 0.717) is 11.5 Å². The van der Waals surface area contributed by atoms with Gasteiger partial charge in [-0.25, -0.2) is 0 Å². The van der Waals surface area contributed by atoms with E-state index in [0.717, 1.165) is 5.92 Å². The Hall–Kier alpha value is -0.820. The maximum absolute atomic E-state index is 2.68. The maximum Gasteiger partial charge on any atom is 0.0142 e. The molecular weight excluding hydrogens is 218 g/mol. The minimum Gasteiger partial charge on any atom is -0.299 e. The molecule has 2 bridgehead atoms. The molecule has 2 fully saturated rings. The normalized spacial score (nSPS) is 38.4. The molecule has 3 rings (SSSR count). The van der Waals surface area contributed by atoms with Crippen LogP contribution in [-0.4, -0.2) is 24.0 Å². The molecular formula is C17H25N. The first-order valence-corrected chi connectivity index (χ1v) is 7.24. The molecule has 0 radical (unpaired) electrons. The van der Waals surface area contributed by atoms with Gasteiger partial charge in [-0.2, -0.15) is 0 Å². The lowest BCUT2D eigenvalue weighted by molar-refractivity contribution is 0.227. The van der Waals surface area contributed by atoms with Crippen LogP contribution in [0.5, 0.6) is 0 Å². The topological polar surface area (TPSA) is 3.24 Å². The summed E-state index contributed by atoms with van der Waals surface area (Å²) >= 11 is 0. The highest BCUT2D eigenvalue weighted by atomic mass is 15.2. The number of hydrogen-bond donors (Lipinski definition) is 0. The van der Waals surface area contributed by atoms with Crippen molar-refractivity contribution in [2.45, 2.75) is 53.0 Å². The van der Waals surface area contributed by atoms with Crippen LogP contribution >= 0.6 is 0 Å². The van der Waals surface area contributed by atoms with Crippen LogP contribution in [0.15, 0.2) is 12.1 Å². The van der Waals surface area contributed by atoms with Gasteiger partial charge < -0.3 is 0 Å². The van der Waals surface area contributed by atoms with E-state index in [-0.39, 0.29) is 0 Å². The van der Waals surface area contributed by atoms with E-state index in [2.05, 4.69) is 51.7 Å². The van der Waals surface area contributed by atoms with Gasteiger partial charge in [0.15, 0.2) is 0 Å². The van der Waals surface area contributed by atoms with Gasteiger partial charge in [0.25, 0.3) is 0 Å². The van der Waals surface area contributed by atoms with Crippen LogP contribution in [0.2, 0.25) is 0 Å². The molecule has 0 saturated carbocycles. The molecule has 1 nitrogen and oxygen atoms in total. The second-order valence-corrected chi connectivity index (χ2v) is 6.89. The first-order valence-electron chi connectivity index (χ1n) is 7.24. The van der Waals surface area contributed by atoms with Crippen molar-refractivity contribution in [2.24, 2.45) is 5.41 Å². The molecule has 0 aliphatic carbocycles. The van der Waals surface area contributed by atoms with Crippen LogP contribution in [0, 0.1) is 26.2 Å². The third-order valence-corrected chi connectivity index (χ3v) is 5.53. The molecule has 1 aromatic carbocycles. The quantitative estimate of drug-likeness (QED) is 0.725. The van der Waals surface area contributed by atoms with Crippen LogP contribution in [-0.2, 0) is 0 Å². The highest BCUT2D eigenvalue weighted by molar-refractivity contribution is 5.42. The summed E-state index contributed by atoms with van der Waals surface area (Å²) in [5.41, 5.74) is 6.52. The highest BCUT2D eigenvalue weighted by Gasteiger charge is 2.52. The summed E-state index contributed by atoms with van der Waals surface area (Å²) in [5.74, 6) is 0.727. The Labute approximate surface area is 111 Å². The summed E-state index contributed by atoms with van der Waals surface area (Å²) in [4.78, 5) is 2.68. The molecule has 2 saturated heterocycles. The van der Waals surface area contributed by atoms with Crippen molar-refractivity contribution in [1.82, 2.24) is 4.90 Å². The summed E-state index contributed by atoms with van der Waals surface area (Å²) in [6.45, 7) is 14.3. The third-order valence-electron chi connectivity index (χ3n) is 5.53. The number of aryl methyl sites for hydroxylation is 2. The number of fused-ring (bicyclic) bond motifs is 2. The van der Waals surface area contributed by atoms with Crippen LogP contribution < -0.4 is 0 Å². The first-order chi connectivity index (χ1) is 8.42. The van der Waals surface area contributed by atoms with Crippen molar-refractivity contribution in [3.63, 3.8) is 0 Å². The molecule has 1 aromatic rings. The minimum atomic E-state index is 0.504. The van der Waals surface area contributed by atoms with Gasteiger partial charge in [0.05, 0.1) is 0 Å². The van der Waals surface area contributed by atoms with Crippen LogP contribution in [0.4, 0.5) is 0 Å². The van der Waals surface area contributed by atoms with E-state index >= 15 is 0 Å². The summed E-state index contributed by atoms with van der Waals surface area (Å²) in [6, 6.07) is 5.47. The second kappa shape index (κ2) is 3.84. The molecule has 0 aromatic heterocycles. The fraction of sp³-hybridized carbons (Fsp3) is 0.647. The van der Waals surface area contributed by atoms with Gasteiger partial charge in [0, 0.05) is 18.5 Å². The van der Waals surface area contributed by atoms with Crippen molar-refractivity contribution < 1.29 is 0 Å². The largest absolute Gasteiger partial charge is 0.299 e. The third kappa shape index (κ3) is 1.56. The van der Waals surface area contributed by atoms with Crippen molar-refractivity contribution in [3.05, 3.63) is 34.4 Å². The lowest BCUT2D eigenvalue weighted by Crippen LogP contribution is -2.35. The molecule has 0 amide bonds. The SMILES string of the molecule is Cc1cc(C)c(C)c(C2[C@@H](C)N3CCC2(C)C3)c1. The minimum absolute atomic E-state index is 0.504. The van der Waals surface area contributed by atoms with E-state index in [4.69, 9.17) is 0 Å². The molecule has 98 valence electrons. The zero-order chi connectivity index (χ0) is 13.1. The van der Waals surface area contributed by atoms with E-state index in [1.807, 2.05) is 0 Å². The van der Waals surface area contributed by atoms with E-state index in [1.54, 1.807) is 5.56 Å². The molecule has 1 heteroatoms. The average Bonchev–Trinajstić information content (AvgIpc) is 2.78. The van der Waals surface area contributed by atoms with Gasteiger partial charge in [0.1, 0.15) is 0 Å². The lowest BCUT2D eigenvalue weighted by Gasteiger charge is -2.37. The Morgan fingerprint density at radius 1 is 1.22 bits per heavy atom. The fourth-order valence-electron chi connectivity index (χ4n) is 4.45. The zero-order valence-corrected chi connectivity index (χ0v) is 12.4. The standard InChI is InChI=1S/C17H25N/c1-11-8-12(2)13(3)15(9-11)16-14(4)18-7-6-17(16,5)10-18/h8-9,14,16H,6-7,10H2,1-5H3/t14-,16?,17?/m1/s1. The van der Waals surface area contributed by atoms with Gasteiger partial charge in [0.2, 0.25) is 0 Å². The summed E-state index contributed by atoms with van der Waals surface area (Å²) in [6.07, 6.45) is 1.37. The summed E-state index contributed by atoms with van der Waals surface area (Å²) in [7, 11) is 0. The lowest BCUT2D eigenvalue weighted by atomic mass is 9.69. The van der Waals surface area contributed by atoms with Crippen LogP contribution in [0.25, 0.3) is 0 Å². The first kappa shape index (κ1) is 12.2. The molecule has 0 N–H and O–H groups in total. The molecule has 4 atom stereocenters. The van der Waals surface area contributed by atoms with Crippen molar-refractivity contribution >= 4 is 0 Å². The Bertz CT molecular complexity index is 491. The van der Waals surface area contributed by atoms with E-state index < -0.39 is 0 Å². The zero-order valence-electron chi connectivity index (χ0n) is 12.4. The van der Waals surface area contributed by atoms with Gasteiger partial charge in [-0.1, -0.05) is 24.6 Å². The Morgan fingerprint density at radius 3 is 2.56 bits per heavy atom. The van der Waals surface area contributed by atoms with Crippen molar-refractivity contribution in [3.8, 4) is 0 Å². The molecule has 0 spiro atoms. The van der Waals surface area contributed by atoms with Gasteiger partial charge >= 0.3 is 0 Å². The smallest absolute Gasteiger partial charge is 0.0142 e. The van der Waals surface area contributed by atoms with Crippen molar-refractivity contribution in [2.75, 3.05) is 13.1 Å². The monoisotopic (exact) mass is 243 g/mol. The van der Waals surface area contributed by atoms with Crippen molar-refractivity contribution in [1.29, 1.82) is 0 Å². The number of nitrogens with zero attached hydrogens (tertiary/aromatic N) is 1. The molecule has 2 aliphatic heterocycles. The molecule has 2 aliphatic rings. The Balaban J connectivity index is 2.11. The maximum atomic E-state index is 2.68. The Morgan fingerprint density at radius 2 is 1.94 bits per heavy atom. The highest BCUT2D eigenvalue weighted by Crippen LogP contribution is 2.54. The fourth-order valence-corrected chi connectivity index (χ4v) is 4.45. The predicted molar refractivity (Wildman–Crippen MR) is 77.2 cm³/mol. The molecule has 3 unspecified atom stereocenters. The summed E-state index contributed by atoms with van der Waals surface area (Å²) < 4.78 is 0. The molecule has 18 heavy (non-hydrogen) atoms. The van der Waals surface area contributed by atoms with Crippen LogP contribution in [0.1, 0.15) is 48.4 Å². The number of hydrogen-bond acceptors (Lipinski definition) is 1. The summed E-state index contributed by atoms with van der Waals surface area (Å²) in [5, 5.41) is 0. The second-order valence-electron chi connectivity index (χ2n) is 6.89. The number of rotatable bonds is 1. The molecule has 2 heterocycles.